The maximum absolute atomic E-state index is 5.86. The summed E-state index contributed by atoms with van der Waals surface area (Å²) < 4.78 is 0. The molecule has 1 atom stereocenters. The summed E-state index contributed by atoms with van der Waals surface area (Å²) in [4.78, 5) is 0. The third kappa shape index (κ3) is 4.33. The SMILES string of the molecule is C#CCC(N)CCC1CCCCC1. The lowest BCUT2D eigenvalue weighted by atomic mass is 9.85. The monoisotopic (exact) mass is 179 g/mol. The Bertz CT molecular complexity index is 162. The van der Waals surface area contributed by atoms with Gasteiger partial charge in [-0.1, -0.05) is 32.1 Å². The molecule has 0 radical (unpaired) electrons. The van der Waals surface area contributed by atoms with Gasteiger partial charge in [-0.15, -0.1) is 12.3 Å². The van der Waals surface area contributed by atoms with Gasteiger partial charge in [0.1, 0.15) is 0 Å². The van der Waals surface area contributed by atoms with Crippen molar-refractivity contribution in [1.29, 1.82) is 0 Å². The fraction of sp³-hybridized carbons (Fsp3) is 0.833. The molecule has 1 aliphatic carbocycles. The summed E-state index contributed by atoms with van der Waals surface area (Å²) >= 11 is 0. The summed E-state index contributed by atoms with van der Waals surface area (Å²) in [6, 6.07) is 0.243. The molecule has 0 saturated heterocycles. The fourth-order valence-electron chi connectivity index (χ4n) is 2.18. The molecule has 13 heavy (non-hydrogen) atoms. The van der Waals surface area contributed by atoms with E-state index < -0.39 is 0 Å². The van der Waals surface area contributed by atoms with Gasteiger partial charge in [-0.25, -0.2) is 0 Å². The Morgan fingerprint density at radius 3 is 2.62 bits per heavy atom. The molecule has 1 aliphatic rings. The second-order valence-corrected chi connectivity index (χ2v) is 4.25. The molecule has 0 spiro atoms. The molecule has 0 heterocycles. The first-order valence-electron chi connectivity index (χ1n) is 5.52. The molecule has 2 N–H and O–H groups in total. The van der Waals surface area contributed by atoms with E-state index in [2.05, 4.69) is 5.92 Å². The molecule has 0 aliphatic heterocycles. The van der Waals surface area contributed by atoms with Gasteiger partial charge in [0.05, 0.1) is 0 Å². The molecule has 1 rings (SSSR count). The maximum atomic E-state index is 5.86. The quantitative estimate of drug-likeness (QED) is 0.660. The minimum absolute atomic E-state index is 0.243. The van der Waals surface area contributed by atoms with Crippen molar-refractivity contribution >= 4 is 0 Å². The molecule has 1 unspecified atom stereocenters. The van der Waals surface area contributed by atoms with Crippen LogP contribution in [0.1, 0.15) is 51.4 Å². The average Bonchev–Trinajstić information content (AvgIpc) is 2.17. The van der Waals surface area contributed by atoms with E-state index in [-0.39, 0.29) is 6.04 Å². The van der Waals surface area contributed by atoms with Gasteiger partial charge in [0.2, 0.25) is 0 Å². The lowest BCUT2D eigenvalue weighted by molar-refractivity contribution is 0.323. The number of nitrogens with two attached hydrogens (primary N) is 1. The highest BCUT2D eigenvalue weighted by atomic mass is 14.6. The van der Waals surface area contributed by atoms with E-state index in [1.165, 1.54) is 38.5 Å². The van der Waals surface area contributed by atoms with Crippen molar-refractivity contribution in [3.63, 3.8) is 0 Å². The molecule has 1 nitrogen and oxygen atoms in total. The smallest absolute Gasteiger partial charge is 0.0238 e. The highest BCUT2D eigenvalue weighted by molar-refractivity contribution is 4.88. The van der Waals surface area contributed by atoms with Crippen molar-refractivity contribution < 1.29 is 0 Å². The molecular formula is C12H21N. The zero-order chi connectivity index (χ0) is 9.52. The second-order valence-electron chi connectivity index (χ2n) is 4.25. The maximum Gasteiger partial charge on any atom is 0.0238 e. The van der Waals surface area contributed by atoms with Crippen molar-refractivity contribution in [3.8, 4) is 12.3 Å². The van der Waals surface area contributed by atoms with Crippen LogP contribution in [-0.2, 0) is 0 Å². The van der Waals surface area contributed by atoms with Gasteiger partial charge in [-0.2, -0.15) is 0 Å². The van der Waals surface area contributed by atoms with Crippen molar-refractivity contribution in [2.24, 2.45) is 11.7 Å². The number of rotatable bonds is 4. The Balaban J connectivity index is 2.07. The molecule has 74 valence electrons. The largest absolute Gasteiger partial charge is 0.327 e. The van der Waals surface area contributed by atoms with Gasteiger partial charge in [0.25, 0.3) is 0 Å². The van der Waals surface area contributed by atoms with Gasteiger partial charge >= 0.3 is 0 Å². The molecular weight excluding hydrogens is 158 g/mol. The molecule has 1 fully saturated rings. The summed E-state index contributed by atoms with van der Waals surface area (Å²) in [5, 5.41) is 0. The number of hydrogen-bond donors (Lipinski definition) is 1. The highest BCUT2D eigenvalue weighted by Crippen LogP contribution is 2.27. The third-order valence-corrected chi connectivity index (χ3v) is 3.05. The van der Waals surface area contributed by atoms with E-state index in [9.17, 15) is 0 Å². The summed E-state index contributed by atoms with van der Waals surface area (Å²) in [5.74, 6) is 3.57. The predicted molar refractivity (Wildman–Crippen MR) is 57.2 cm³/mol. The predicted octanol–water partition coefficient (Wildman–Crippen LogP) is 2.70. The van der Waals surface area contributed by atoms with E-state index in [1.807, 2.05) is 0 Å². The molecule has 1 heteroatoms. The molecule has 0 aromatic rings. The van der Waals surface area contributed by atoms with Crippen LogP contribution in [0.5, 0.6) is 0 Å². The molecule has 0 aromatic carbocycles. The summed E-state index contributed by atoms with van der Waals surface area (Å²) in [5.41, 5.74) is 5.86. The zero-order valence-electron chi connectivity index (χ0n) is 8.47. The van der Waals surface area contributed by atoms with Gasteiger partial charge in [0.15, 0.2) is 0 Å². The topological polar surface area (TPSA) is 26.0 Å². The van der Waals surface area contributed by atoms with Crippen molar-refractivity contribution in [2.45, 2.75) is 57.4 Å². The zero-order valence-corrected chi connectivity index (χ0v) is 8.47. The van der Waals surface area contributed by atoms with Crippen molar-refractivity contribution in [1.82, 2.24) is 0 Å². The van der Waals surface area contributed by atoms with Crippen LogP contribution in [-0.4, -0.2) is 6.04 Å². The minimum Gasteiger partial charge on any atom is -0.327 e. The Morgan fingerprint density at radius 2 is 2.00 bits per heavy atom. The first kappa shape index (κ1) is 10.6. The minimum atomic E-state index is 0.243. The molecule has 0 aromatic heterocycles. The van der Waals surface area contributed by atoms with Crippen LogP contribution in [0, 0.1) is 18.3 Å². The second kappa shape index (κ2) is 6.05. The Hall–Kier alpha value is -0.480. The molecule has 0 bridgehead atoms. The van der Waals surface area contributed by atoms with Crippen molar-refractivity contribution in [2.75, 3.05) is 0 Å². The molecule has 0 amide bonds. The van der Waals surface area contributed by atoms with E-state index in [4.69, 9.17) is 12.2 Å². The lowest BCUT2D eigenvalue weighted by Crippen LogP contribution is -2.20. The van der Waals surface area contributed by atoms with Crippen LogP contribution in [0.25, 0.3) is 0 Å². The normalized spacial score (nSPS) is 20.9. The highest BCUT2D eigenvalue weighted by Gasteiger charge is 2.14. The standard InChI is InChI=1S/C12H21N/c1-2-6-12(13)10-9-11-7-4-3-5-8-11/h1,11-12H,3-10,13H2. The van der Waals surface area contributed by atoms with Gasteiger partial charge in [-0.05, 0) is 18.8 Å². The van der Waals surface area contributed by atoms with Crippen LogP contribution in [0.15, 0.2) is 0 Å². The third-order valence-electron chi connectivity index (χ3n) is 3.05. The number of hydrogen-bond acceptors (Lipinski definition) is 1. The van der Waals surface area contributed by atoms with E-state index in [0.717, 1.165) is 18.8 Å². The van der Waals surface area contributed by atoms with Crippen LogP contribution >= 0.6 is 0 Å². The van der Waals surface area contributed by atoms with Gasteiger partial charge in [-0.3, -0.25) is 0 Å². The van der Waals surface area contributed by atoms with Crippen molar-refractivity contribution in [3.05, 3.63) is 0 Å². The van der Waals surface area contributed by atoms with Gasteiger partial charge < -0.3 is 5.73 Å². The molecule has 1 saturated carbocycles. The summed E-state index contributed by atoms with van der Waals surface area (Å²) in [6.45, 7) is 0. The van der Waals surface area contributed by atoms with E-state index in [0.29, 0.717) is 0 Å². The summed E-state index contributed by atoms with van der Waals surface area (Å²) in [7, 11) is 0. The van der Waals surface area contributed by atoms with Crippen LogP contribution in [0.2, 0.25) is 0 Å². The first-order chi connectivity index (χ1) is 6.33. The Labute approximate surface area is 82.1 Å². The van der Waals surface area contributed by atoms with E-state index >= 15 is 0 Å². The van der Waals surface area contributed by atoms with E-state index in [1.54, 1.807) is 0 Å². The van der Waals surface area contributed by atoms with Crippen LogP contribution < -0.4 is 5.73 Å². The first-order valence-corrected chi connectivity index (χ1v) is 5.52. The summed E-state index contributed by atoms with van der Waals surface area (Å²) in [6.07, 6.45) is 15.5. The lowest BCUT2D eigenvalue weighted by Gasteiger charge is -2.22. The fourth-order valence-corrected chi connectivity index (χ4v) is 2.18. The Kier molecular flexibility index (Phi) is 4.93. The number of terminal acetylenes is 1. The average molecular weight is 179 g/mol. The van der Waals surface area contributed by atoms with Crippen LogP contribution in [0.3, 0.4) is 0 Å². The Morgan fingerprint density at radius 1 is 1.31 bits per heavy atom. The van der Waals surface area contributed by atoms with Gasteiger partial charge in [0, 0.05) is 12.5 Å². The van der Waals surface area contributed by atoms with Crippen LogP contribution in [0.4, 0.5) is 0 Å².